The van der Waals surface area contributed by atoms with Gasteiger partial charge >= 0.3 is 36.7 Å². The van der Waals surface area contributed by atoms with Gasteiger partial charge in [-0.2, -0.15) is 6.08 Å². The molecule has 0 spiro atoms. The standard InChI is InChI=1S/C13H9.C5H5.2C3H6O2.CH2.Ti/c1-3-7-12-10(5-1)9-11-6-2-4-8-13(11)12;1-2-4-5-3-1;2*1-2-3(4)5;;/h1-9H;1-3H,4H2;2*2H2,1H3,(H,4,5);1H2;/q2*-1;;;;+2. The number of fused-ring (bicyclic) bond motifs is 3. The van der Waals surface area contributed by atoms with Crippen LogP contribution < -0.4 is 0 Å². The van der Waals surface area contributed by atoms with Gasteiger partial charge < -0.3 is 10.2 Å². The monoisotopic (exact) mass is 440 g/mol. The molecular weight excluding hydrogens is 412 g/mol. The van der Waals surface area contributed by atoms with Gasteiger partial charge in [0.25, 0.3) is 0 Å². The second-order valence-corrected chi connectivity index (χ2v) is 5.82. The maximum absolute atomic E-state index is 9.37. The second kappa shape index (κ2) is 17.2. The largest absolute Gasteiger partial charge is 0.126 e. The minimum absolute atomic E-state index is 0.222. The molecule has 1 aliphatic carbocycles. The number of rotatable bonds is 2. The minimum atomic E-state index is -0.745. The van der Waals surface area contributed by atoms with Crippen molar-refractivity contribution < 1.29 is 39.8 Å². The summed E-state index contributed by atoms with van der Waals surface area (Å²) in [5.41, 5.74) is 0. The first-order valence-corrected chi connectivity index (χ1v) is 10.6. The van der Waals surface area contributed by atoms with Crippen LogP contribution in [0, 0.1) is 6.08 Å². The van der Waals surface area contributed by atoms with Gasteiger partial charge in [-0.1, -0.05) is 50.2 Å². The van der Waals surface area contributed by atoms with Crippen LogP contribution in [0.4, 0.5) is 0 Å². The summed E-state index contributed by atoms with van der Waals surface area (Å²) in [6, 6.07) is 19.3. The Kier molecular flexibility index (Phi) is 15.7. The van der Waals surface area contributed by atoms with Crippen LogP contribution in [0.15, 0.2) is 72.8 Å². The molecule has 0 radical (unpaired) electrons. The summed E-state index contributed by atoms with van der Waals surface area (Å²) in [4.78, 5) is 22.0. The van der Waals surface area contributed by atoms with E-state index in [0.717, 1.165) is 6.42 Å². The van der Waals surface area contributed by atoms with Crippen molar-refractivity contribution in [3.8, 4) is 0 Å². The third-order valence-electron chi connectivity index (χ3n) is 3.71. The number of allylic oxidation sites excluding steroid dienone is 4. The molecule has 30 heavy (non-hydrogen) atoms. The average Bonchev–Trinajstić information content (AvgIpc) is 3.47. The predicted octanol–water partition coefficient (Wildman–Crippen LogP) is 5.94. The molecule has 4 rings (SSSR count). The van der Waals surface area contributed by atoms with Crippen molar-refractivity contribution in [1.29, 1.82) is 0 Å². The maximum atomic E-state index is 9.37. The van der Waals surface area contributed by atoms with E-state index in [1.54, 1.807) is 33.8 Å². The first-order valence-electron chi connectivity index (χ1n) is 9.53. The molecule has 0 saturated heterocycles. The van der Waals surface area contributed by atoms with Gasteiger partial charge in [0.05, 0.1) is 0 Å². The number of hydrogen-bond donors (Lipinski definition) is 2. The summed E-state index contributed by atoms with van der Waals surface area (Å²) in [6.07, 6.45) is 10.4. The van der Waals surface area contributed by atoms with Crippen molar-refractivity contribution in [2.75, 3.05) is 0 Å². The van der Waals surface area contributed by atoms with E-state index in [2.05, 4.69) is 71.6 Å². The molecule has 0 aliphatic heterocycles. The van der Waals surface area contributed by atoms with Crippen LogP contribution in [0.2, 0.25) is 0 Å². The SMILES string of the molecule is CCC(=O)O.CCC(=O)O.[C-]1=CC=CC1.[CH2]=[Ti+2].c1ccc2c(c1)[cH-]c1ccccc12. The Morgan fingerprint density at radius 2 is 1.33 bits per heavy atom. The summed E-state index contributed by atoms with van der Waals surface area (Å²) >= 11 is 1.75. The average molecular weight is 440 g/mol. The fourth-order valence-corrected chi connectivity index (χ4v) is 2.24. The van der Waals surface area contributed by atoms with Crippen LogP contribution >= 0.6 is 0 Å². The van der Waals surface area contributed by atoms with Crippen molar-refractivity contribution in [3.05, 3.63) is 78.9 Å². The summed E-state index contributed by atoms with van der Waals surface area (Å²) in [5, 5.41) is 20.8. The fraction of sp³-hybridized carbons (Fsp3) is 0.200. The molecule has 1 aliphatic rings. The molecule has 3 aromatic rings. The summed E-state index contributed by atoms with van der Waals surface area (Å²) in [6.45, 7) is 3.20. The third-order valence-corrected chi connectivity index (χ3v) is 3.71. The Morgan fingerprint density at radius 1 is 0.933 bits per heavy atom. The summed E-state index contributed by atoms with van der Waals surface area (Å²) in [5.74, 6) is -1.49. The molecule has 0 saturated carbocycles. The number of carboxylic acids is 2. The topological polar surface area (TPSA) is 74.6 Å². The number of aliphatic carboxylic acids is 2. The van der Waals surface area contributed by atoms with Crippen molar-refractivity contribution in [2.24, 2.45) is 0 Å². The van der Waals surface area contributed by atoms with Gasteiger partial charge in [0.1, 0.15) is 0 Å². The molecule has 2 N–H and O–H groups in total. The summed E-state index contributed by atoms with van der Waals surface area (Å²) in [7, 11) is 0. The van der Waals surface area contributed by atoms with Gasteiger partial charge in [0.2, 0.25) is 0 Å². The third kappa shape index (κ3) is 11.3. The van der Waals surface area contributed by atoms with Gasteiger partial charge in [-0.3, -0.25) is 15.7 Å². The van der Waals surface area contributed by atoms with E-state index in [-0.39, 0.29) is 12.8 Å². The quantitative estimate of drug-likeness (QED) is 0.382. The molecular formula is C25H28O4Ti. The van der Waals surface area contributed by atoms with Crippen LogP contribution in [-0.2, 0) is 29.6 Å². The smallest absolute Gasteiger partial charge is 0.0771 e. The van der Waals surface area contributed by atoms with Crippen molar-refractivity contribution >= 4 is 38.3 Å². The van der Waals surface area contributed by atoms with E-state index in [1.165, 1.54) is 21.5 Å². The molecule has 156 valence electrons. The van der Waals surface area contributed by atoms with E-state index < -0.39 is 11.9 Å². The fourth-order valence-electron chi connectivity index (χ4n) is 2.24. The Hall–Kier alpha value is -2.69. The molecule has 0 amide bonds. The molecule has 3 aromatic carbocycles. The molecule has 0 aromatic heterocycles. The van der Waals surface area contributed by atoms with Crippen LogP contribution in [0.3, 0.4) is 0 Å². The van der Waals surface area contributed by atoms with Gasteiger partial charge in [-0.25, -0.2) is 12.2 Å². The Balaban J connectivity index is 0.000000417. The van der Waals surface area contributed by atoms with E-state index in [4.69, 9.17) is 10.2 Å². The Labute approximate surface area is 189 Å². The van der Waals surface area contributed by atoms with Crippen LogP contribution in [0.5, 0.6) is 0 Å². The van der Waals surface area contributed by atoms with Crippen molar-refractivity contribution in [3.63, 3.8) is 0 Å². The van der Waals surface area contributed by atoms with Gasteiger partial charge in [-0.05, 0) is 0 Å². The van der Waals surface area contributed by atoms with Crippen molar-refractivity contribution in [2.45, 2.75) is 33.1 Å². The summed E-state index contributed by atoms with van der Waals surface area (Å²) < 4.78 is 0. The van der Waals surface area contributed by atoms with Gasteiger partial charge in [0, 0.05) is 12.8 Å². The van der Waals surface area contributed by atoms with Gasteiger partial charge in [-0.15, -0.1) is 46.2 Å². The van der Waals surface area contributed by atoms with E-state index in [1.807, 2.05) is 12.2 Å². The number of carboxylic acid groups (broad SMARTS) is 2. The molecule has 0 heterocycles. The Morgan fingerprint density at radius 3 is 1.60 bits per heavy atom. The number of carbonyl (C=O) groups is 2. The molecule has 0 bridgehead atoms. The molecule has 4 nitrogen and oxygen atoms in total. The van der Waals surface area contributed by atoms with E-state index in [0.29, 0.717) is 0 Å². The first-order chi connectivity index (χ1) is 14.5. The Bertz CT molecular complexity index is 880. The van der Waals surface area contributed by atoms with Crippen molar-refractivity contribution in [1.82, 2.24) is 0 Å². The zero-order chi connectivity index (χ0) is 22.8. The molecule has 0 unspecified atom stereocenters. The molecule has 0 atom stereocenters. The van der Waals surface area contributed by atoms with Gasteiger partial charge in [0.15, 0.2) is 0 Å². The maximum Gasteiger partial charge on any atom is -0.0771 e. The molecule has 0 fully saturated rings. The van der Waals surface area contributed by atoms with E-state index >= 15 is 0 Å². The minimum Gasteiger partial charge on any atom is -0.126 e. The predicted molar refractivity (Wildman–Crippen MR) is 122 cm³/mol. The normalized spacial score (nSPS) is 10.4. The zero-order valence-corrected chi connectivity index (χ0v) is 19.0. The first kappa shape index (κ1) is 27.3. The second-order valence-electron chi connectivity index (χ2n) is 5.82. The van der Waals surface area contributed by atoms with Crippen LogP contribution in [-0.4, -0.2) is 27.0 Å². The van der Waals surface area contributed by atoms with E-state index in [9.17, 15) is 9.59 Å². The van der Waals surface area contributed by atoms with Crippen LogP contribution in [0.25, 0.3) is 21.5 Å². The molecule has 5 heteroatoms. The zero-order valence-electron chi connectivity index (χ0n) is 17.5. The van der Waals surface area contributed by atoms with Crippen LogP contribution in [0.1, 0.15) is 33.1 Å². The number of hydrogen-bond acceptors (Lipinski definition) is 2. The number of benzene rings is 2.